The van der Waals surface area contributed by atoms with Gasteiger partial charge in [-0.15, -0.1) is 0 Å². The summed E-state index contributed by atoms with van der Waals surface area (Å²) >= 11 is 0. The number of amidine groups is 1. The lowest BCUT2D eigenvalue weighted by Crippen LogP contribution is -2.52. The zero-order valence-corrected chi connectivity index (χ0v) is 18.8. The van der Waals surface area contributed by atoms with Gasteiger partial charge in [0.05, 0.1) is 17.8 Å². The normalized spacial score (nSPS) is 37.1. The third-order valence-corrected chi connectivity index (χ3v) is 8.52. The largest absolute Gasteiger partial charge is 0.391 e. The van der Waals surface area contributed by atoms with Crippen LogP contribution in [0.15, 0.2) is 0 Å². The van der Waals surface area contributed by atoms with Crippen LogP contribution in [-0.2, 0) is 4.79 Å². The van der Waals surface area contributed by atoms with E-state index in [1.165, 1.54) is 0 Å². The zero-order valence-electron chi connectivity index (χ0n) is 18.8. The van der Waals surface area contributed by atoms with Crippen molar-refractivity contribution >= 4 is 11.7 Å². The monoisotopic (exact) mass is 457 g/mol. The molecular weight excluding hydrogens is 419 g/mol. The van der Waals surface area contributed by atoms with E-state index >= 15 is 0 Å². The minimum absolute atomic E-state index is 0.0472. The summed E-state index contributed by atoms with van der Waals surface area (Å²) in [5.41, 5.74) is 5.83. The van der Waals surface area contributed by atoms with Crippen LogP contribution in [0.4, 0.5) is 13.2 Å². The highest BCUT2D eigenvalue weighted by Gasteiger charge is 2.49. The van der Waals surface area contributed by atoms with E-state index in [2.05, 4.69) is 15.5 Å². The lowest BCUT2D eigenvalue weighted by atomic mass is 9.77. The van der Waals surface area contributed by atoms with E-state index in [9.17, 15) is 18.0 Å². The van der Waals surface area contributed by atoms with Crippen molar-refractivity contribution in [2.45, 2.75) is 88.5 Å². The smallest absolute Gasteiger partial charge is 0.387 e. The molecule has 0 aromatic heterocycles. The van der Waals surface area contributed by atoms with E-state index < -0.39 is 12.1 Å². The fraction of sp³-hybridized carbons (Fsp3) is 0.913. The summed E-state index contributed by atoms with van der Waals surface area (Å²) in [5, 5.41) is 14.5. The topological polar surface area (TPSA) is 94.2 Å². The molecule has 4 rings (SSSR count). The number of hydrogen-bond donors (Lipinski definition) is 4. The summed E-state index contributed by atoms with van der Waals surface area (Å²) in [6.45, 7) is 2.50. The summed E-state index contributed by atoms with van der Waals surface area (Å²) in [5.74, 6) is -0.238. The van der Waals surface area contributed by atoms with E-state index in [1.807, 2.05) is 0 Å². The molecule has 4 unspecified atom stereocenters. The molecule has 5 N–H and O–H groups in total. The number of piperidine rings is 1. The lowest BCUT2D eigenvalue weighted by Gasteiger charge is -2.40. The number of hydrogen-bond acceptors (Lipinski definition) is 4. The van der Waals surface area contributed by atoms with Crippen molar-refractivity contribution in [2.75, 3.05) is 19.6 Å². The average molecular weight is 458 g/mol. The van der Waals surface area contributed by atoms with Gasteiger partial charge in [-0.1, -0.05) is 0 Å². The molecule has 1 amide bonds. The van der Waals surface area contributed by atoms with Gasteiger partial charge in [0.25, 0.3) is 0 Å². The summed E-state index contributed by atoms with van der Waals surface area (Å²) in [7, 11) is 0. The second kappa shape index (κ2) is 9.87. The van der Waals surface area contributed by atoms with E-state index in [-0.39, 0.29) is 54.5 Å². The Morgan fingerprint density at radius 1 is 1.03 bits per heavy atom. The van der Waals surface area contributed by atoms with Gasteiger partial charge in [0.1, 0.15) is 0 Å². The number of alkyl halides is 3. The van der Waals surface area contributed by atoms with E-state index in [0.717, 1.165) is 51.6 Å². The number of halogens is 3. The number of amides is 1. The van der Waals surface area contributed by atoms with Gasteiger partial charge in [-0.2, -0.15) is 13.2 Å². The Balaban J connectivity index is 1.44. The number of likely N-dealkylation sites (tertiary alicyclic amines) is 1. The fourth-order valence-corrected chi connectivity index (χ4v) is 6.58. The van der Waals surface area contributed by atoms with Crippen LogP contribution in [0.3, 0.4) is 0 Å². The van der Waals surface area contributed by atoms with Crippen LogP contribution in [0.2, 0.25) is 0 Å². The highest BCUT2D eigenvalue weighted by molar-refractivity contribution is 5.83. The maximum absolute atomic E-state index is 13.3. The van der Waals surface area contributed by atoms with E-state index in [4.69, 9.17) is 11.1 Å². The van der Waals surface area contributed by atoms with Crippen LogP contribution in [0, 0.1) is 29.1 Å². The maximum Gasteiger partial charge on any atom is 0.391 e. The molecule has 0 aromatic rings. The first-order valence-electron chi connectivity index (χ1n) is 12.4. The second-order valence-electron chi connectivity index (χ2n) is 10.5. The molecule has 2 saturated heterocycles. The minimum atomic E-state index is -4.10. The van der Waals surface area contributed by atoms with Gasteiger partial charge in [0, 0.05) is 24.5 Å². The number of nitrogens with one attached hydrogen (secondary N) is 3. The quantitative estimate of drug-likeness (QED) is 0.377. The van der Waals surface area contributed by atoms with Crippen molar-refractivity contribution in [3.63, 3.8) is 0 Å². The van der Waals surface area contributed by atoms with Gasteiger partial charge < -0.3 is 16.4 Å². The van der Waals surface area contributed by atoms with Gasteiger partial charge in [-0.3, -0.25) is 15.1 Å². The fourth-order valence-electron chi connectivity index (χ4n) is 6.58. The molecule has 0 bridgehead atoms. The van der Waals surface area contributed by atoms with Crippen molar-refractivity contribution in [2.24, 2.45) is 29.4 Å². The Hall–Kier alpha value is -1.35. The molecule has 4 fully saturated rings. The Labute approximate surface area is 188 Å². The van der Waals surface area contributed by atoms with E-state index in [0.29, 0.717) is 25.3 Å². The maximum atomic E-state index is 13.3. The molecule has 2 aliphatic heterocycles. The third-order valence-electron chi connectivity index (χ3n) is 8.52. The zero-order chi connectivity index (χ0) is 22.9. The van der Waals surface area contributed by atoms with Gasteiger partial charge in [0.15, 0.2) is 0 Å². The number of nitrogens with two attached hydrogens (primary N) is 1. The molecular formula is C23H38F3N5O. The summed E-state index contributed by atoms with van der Waals surface area (Å²) in [6.07, 6.45) is 2.73. The summed E-state index contributed by atoms with van der Waals surface area (Å²) in [6, 6.07) is 0.174. The van der Waals surface area contributed by atoms with Crippen LogP contribution >= 0.6 is 0 Å². The molecule has 2 aliphatic carbocycles. The third kappa shape index (κ3) is 5.41. The van der Waals surface area contributed by atoms with Crippen LogP contribution in [0.5, 0.6) is 0 Å². The van der Waals surface area contributed by atoms with E-state index in [1.54, 1.807) is 0 Å². The second-order valence-corrected chi connectivity index (χ2v) is 10.5. The highest BCUT2D eigenvalue weighted by Crippen LogP contribution is 2.45. The first-order valence-corrected chi connectivity index (χ1v) is 12.4. The summed E-state index contributed by atoms with van der Waals surface area (Å²) in [4.78, 5) is 15.6. The van der Waals surface area contributed by atoms with Crippen molar-refractivity contribution in [3.8, 4) is 0 Å². The molecule has 182 valence electrons. The van der Waals surface area contributed by atoms with Gasteiger partial charge in [-0.05, 0) is 89.1 Å². The SMILES string of the molecule is N=C(N)C1CCC2CC(C(=O)NC3CCNCC3)N(CC3CCC(C(F)(F)F)CC3)C2C1. The van der Waals surface area contributed by atoms with Crippen LogP contribution in [-0.4, -0.2) is 60.6 Å². The molecule has 2 heterocycles. The summed E-state index contributed by atoms with van der Waals surface area (Å²) < 4.78 is 39.3. The number of fused-ring (bicyclic) bond motifs is 1. The Bertz CT molecular complexity index is 673. The first-order chi connectivity index (χ1) is 15.2. The highest BCUT2D eigenvalue weighted by atomic mass is 19.4. The molecule has 4 atom stereocenters. The Morgan fingerprint density at radius 2 is 1.72 bits per heavy atom. The standard InChI is InChI=1S/C23H38F3N5O/c24-23(25,26)17-5-1-14(2-6-17)13-31-19-12-16(21(27)28)4-3-15(19)11-20(31)22(32)30-18-7-9-29-10-8-18/h14-20,29H,1-13H2,(H3,27,28)(H,30,32). The number of carbonyl (C=O) groups excluding carboxylic acids is 1. The molecule has 9 heteroatoms. The molecule has 6 nitrogen and oxygen atoms in total. The lowest BCUT2D eigenvalue weighted by molar-refractivity contribution is -0.184. The van der Waals surface area contributed by atoms with Gasteiger partial charge in [-0.25, -0.2) is 0 Å². The molecule has 0 radical (unpaired) electrons. The van der Waals surface area contributed by atoms with Crippen LogP contribution in [0.25, 0.3) is 0 Å². The van der Waals surface area contributed by atoms with Crippen molar-refractivity contribution < 1.29 is 18.0 Å². The van der Waals surface area contributed by atoms with Gasteiger partial charge >= 0.3 is 6.18 Å². The molecule has 0 aromatic carbocycles. The van der Waals surface area contributed by atoms with Gasteiger partial charge in [0.2, 0.25) is 5.91 Å². The number of nitrogens with zero attached hydrogens (tertiary/aromatic N) is 1. The van der Waals surface area contributed by atoms with Crippen LogP contribution < -0.4 is 16.4 Å². The number of carbonyl (C=O) groups is 1. The predicted octanol–water partition coefficient (Wildman–Crippen LogP) is 3.02. The molecule has 2 saturated carbocycles. The van der Waals surface area contributed by atoms with Crippen LogP contribution in [0.1, 0.15) is 64.2 Å². The predicted molar refractivity (Wildman–Crippen MR) is 117 cm³/mol. The molecule has 32 heavy (non-hydrogen) atoms. The van der Waals surface area contributed by atoms with Crippen molar-refractivity contribution in [3.05, 3.63) is 0 Å². The first kappa shape index (κ1) is 23.8. The number of rotatable bonds is 5. The van der Waals surface area contributed by atoms with Crippen molar-refractivity contribution in [1.82, 2.24) is 15.5 Å². The molecule has 0 spiro atoms. The Kier molecular flexibility index (Phi) is 7.34. The van der Waals surface area contributed by atoms with Crippen molar-refractivity contribution in [1.29, 1.82) is 5.41 Å². The minimum Gasteiger partial charge on any atom is -0.387 e. The average Bonchev–Trinajstić information content (AvgIpc) is 3.12. The molecule has 4 aliphatic rings. The Morgan fingerprint density at radius 3 is 2.34 bits per heavy atom.